The van der Waals surface area contributed by atoms with Gasteiger partial charge in [-0.3, -0.25) is 19.4 Å². The van der Waals surface area contributed by atoms with Crippen molar-refractivity contribution in [2.75, 3.05) is 0 Å². The predicted molar refractivity (Wildman–Crippen MR) is 89.2 cm³/mol. The number of primary amides is 1. The summed E-state index contributed by atoms with van der Waals surface area (Å²) in [5.41, 5.74) is 6.60. The number of amides is 2. The molecule has 0 unspecified atom stereocenters. The fraction of sp³-hybridized carbons (Fsp3) is 0.333. The molecule has 1 heterocycles. The number of para-hydroxylation sites is 1. The third kappa shape index (κ3) is 3.42. The largest absolute Gasteiger partial charge is 0.368 e. The van der Waals surface area contributed by atoms with Gasteiger partial charge in [0.25, 0.3) is 5.91 Å². The van der Waals surface area contributed by atoms with Crippen molar-refractivity contribution in [1.29, 1.82) is 0 Å². The monoisotopic (exact) mass is 325 g/mol. The standard InChI is InChI=1S/C18H19N3O3/c19-17(23)16(12-5-3-6-14(22)9-12)21-18(24)13-8-11-4-1-2-7-15(11)20-10-13/h1-2,4,7-8,10,12,16H,3,5-6,9H2,(H2,19,23)(H,21,24)/t12-,16-/m1/s1. The number of nitrogens with two attached hydrogens (primary N) is 1. The lowest BCUT2D eigenvalue weighted by atomic mass is 9.82. The molecule has 1 aromatic heterocycles. The number of ketones is 1. The summed E-state index contributed by atoms with van der Waals surface area (Å²) in [6.45, 7) is 0. The van der Waals surface area contributed by atoms with Gasteiger partial charge in [-0.15, -0.1) is 0 Å². The van der Waals surface area contributed by atoms with Gasteiger partial charge in [0.15, 0.2) is 0 Å². The summed E-state index contributed by atoms with van der Waals surface area (Å²) in [5, 5.41) is 3.52. The second-order valence-corrected chi connectivity index (χ2v) is 6.17. The summed E-state index contributed by atoms with van der Waals surface area (Å²) < 4.78 is 0. The van der Waals surface area contributed by atoms with Crippen LogP contribution >= 0.6 is 0 Å². The molecular weight excluding hydrogens is 306 g/mol. The van der Waals surface area contributed by atoms with Crippen molar-refractivity contribution in [1.82, 2.24) is 10.3 Å². The number of nitrogens with one attached hydrogen (secondary N) is 1. The van der Waals surface area contributed by atoms with Crippen molar-refractivity contribution in [3.8, 4) is 0 Å². The molecule has 0 bridgehead atoms. The van der Waals surface area contributed by atoms with Gasteiger partial charge in [0.1, 0.15) is 11.8 Å². The number of pyridine rings is 1. The predicted octanol–water partition coefficient (Wildman–Crippen LogP) is 1.58. The number of fused-ring (bicyclic) bond motifs is 1. The van der Waals surface area contributed by atoms with Crippen LogP contribution in [0.3, 0.4) is 0 Å². The molecule has 0 spiro atoms. The third-order valence-corrected chi connectivity index (χ3v) is 4.44. The fourth-order valence-electron chi connectivity index (χ4n) is 3.18. The van der Waals surface area contributed by atoms with Gasteiger partial charge in [-0.2, -0.15) is 0 Å². The third-order valence-electron chi connectivity index (χ3n) is 4.44. The van der Waals surface area contributed by atoms with E-state index in [9.17, 15) is 14.4 Å². The van der Waals surface area contributed by atoms with Gasteiger partial charge < -0.3 is 11.1 Å². The average Bonchev–Trinajstić information content (AvgIpc) is 2.58. The Morgan fingerprint density at radius 2 is 2.08 bits per heavy atom. The molecule has 2 atom stereocenters. The maximum absolute atomic E-state index is 12.5. The van der Waals surface area contributed by atoms with E-state index < -0.39 is 17.9 Å². The highest BCUT2D eigenvalue weighted by Crippen LogP contribution is 2.24. The first-order valence-electron chi connectivity index (χ1n) is 8.01. The molecule has 0 radical (unpaired) electrons. The van der Waals surface area contributed by atoms with E-state index in [0.29, 0.717) is 18.4 Å². The summed E-state index contributed by atoms with van der Waals surface area (Å²) in [4.78, 5) is 40.1. The number of aromatic nitrogens is 1. The zero-order valence-electron chi connectivity index (χ0n) is 13.2. The van der Waals surface area contributed by atoms with E-state index in [2.05, 4.69) is 10.3 Å². The lowest BCUT2D eigenvalue weighted by Gasteiger charge is -2.28. The minimum Gasteiger partial charge on any atom is -0.368 e. The van der Waals surface area contributed by atoms with E-state index in [0.717, 1.165) is 17.3 Å². The van der Waals surface area contributed by atoms with Crippen molar-refractivity contribution in [2.24, 2.45) is 11.7 Å². The van der Waals surface area contributed by atoms with Crippen molar-refractivity contribution in [3.63, 3.8) is 0 Å². The van der Waals surface area contributed by atoms with Crippen molar-refractivity contribution in [2.45, 2.75) is 31.7 Å². The van der Waals surface area contributed by atoms with Gasteiger partial charge in [0, 0.05) is 24.4 Å². The fourth-order valence-corrected chi connectivity index (χ4v) is 3.18. The number of carbonyl (C=O) groups is 3. The van der Waals surface area contributed by atoms with Gasteiger partial charge in [-0.05, 0) is 30.9 Å². The molecule has 3 N–H and O–H groups in total. The van der Waals surface area contributed by atoms with E-state index in [1.807, 2.05) is 24.3 Å². The van der Waals surface area contributed by atoms with Gasteiger partial charge in [0.05, 0.1) is 11.1 Å². The van der Waals surface area contributed by atoms with Gasteiger partial charge in [-0.25, -0.2) is 0 Å². The van der Waals surface area contributed by atoms with Gasteiger partial charge in [0.2, 0.25) is 5.91 Å². The minimum absolute atomic E-state index is 0.110. The molecule has 0 aliphatic heterocycles. The SMILES string of the molecule is NC(=O)[C@H](NC(=O)c1cnc2ccccc2c1)[C@@H]1CCCC(=O)C1. The van der Waals surface area contributed by atoms with Crippen molar-refractivity contribution in [3.05, 3.63) is 42.1 Å². The first-order chi connectivity index (χ1) is 11.5. The van der Waals surface area contributed by atoms with Crippen LogP contribution in [0.4, 0.5) is 0 Å². The first-order valence-corrected chi connectivity index (χ1v) is 8.01. The second kappa shape index (κ2) is 6.78. The molecule has 2 amide bonds. The molecule has 1 aromatic carbocycles. The molecule has 1 aliphatic carbocycles. The van der Waals surface area contributed by atoms with Crippen LogP contribution in [0.1, 0.15) is 36.0 Å². The van der Waals surface area contributed by atoms with Crippen LogP contribution in [-0.2, 0) is 9.59 Å². The highest BCUT2D eigenvalue weighted by atomic mass is 16.2. The molecule has 6 heteroatoms. The highest BCUT2D eigenvalue weighted by molar-refractivity contribution is 5.99. The van der Waals surface area contributed by atoms with Crippen LogP contribution in [0.15, 0.2) is 36.5 Å². The number of hydrogen-bond acceptors (Lipinski definition) is 4. The van der Waals surface area contributed by atoms with Crippen LogP contribution < -0.4 is 11.1 Å². The van der Waals surface area contributed by atoms with Crippen molar-refractivity contribution < 1.29 is 14.4 Å². The Labute approximate surface area is 139 Å². The van der Waals surface area contributed by atoms with E-state index in [-0.39, 0.29) is 18.1 Å². The number of carbonyl (C=O) groups excluding carboxylic acids is 3. The Bertz CT molecular complexity index is 803. The summed E-state index contributed by atoms with van der Waals surface area (Å²) in [6, 6.07) is 8.35. The lowest BCUT2D eigenvalue weighted by molar-refractivity contribution is -0.124. The summed E-state index contributed by atoms with van der Waals surface area (Å²) in [7, 11) is 0. The zero-order valence-corrected chi connectivity index (χ0v) is 13.2. The number of rotatable bonds is 4. The van der Waals surface area contributed by atoms with Gasteiger partial charge in [-0.1, -0.05) is 18.2 Å². The van der Waals surface area contributed by atoms with Crippen LogP contribution in [0, 0.1) is 5.92 Å². The Hall–Kier alpha value is -2.76. The number of nitrogens with zero attached hydrogens (tertiary/aromatic N) is 1. The molecule has 1 fully saturated rings. The van der Waals surface area contributed by atoms with Crippen LogP contribution in [0.5, 0.6) is 0 Å². The minimum atomic E-state index is -0.840. The van der Waals surface area contributed by atoms with Crippen LogP contribution in [0.2, 0.25) is 0 Å². The normalized spacial score (nSPS) is 19.0. The number of hydrogen-bond donors (Lipinski definition) is 2. The Morgan fingerprint density at radius 1 is 1.29 bits per heavy atom. The van der Waals surface area contributed by atoms with E-state index in [1.54, 1.807) is 6.07 Å². The molecular formula is C18H19N3O3. The second-order valence-electron chi connectivity index (χ2n) is 6.17. The molecule has 0 saturated heterocycles. The molecule has 24 heavy (non-hydrogen) atoms. The van der Waals surface area contributed by atoms with Crippen LogP contribution in [-0.4, -0.2) is 28.6 Å². The summed E-state index contributed by atoms with van der Waals surface area (Å²) >= 11 is 0. The van der Waals surface area contributed by atoms with Crippen molar-refractivity contribution >= 4 is 28.5 Å². The highest BCUT2D eigenvalue weighted by Gasteiger charge is 2.32. The van der Waals surface area contributed by atoms with E-state index in [1.165, 1.54) is 6.20 Å². The molecule has 6 nitrogen and oxygen atoms in total. The number of Topliss-reactive ketones (excluding diaryl/α,β-unsaturated/α-hetero) is 1. The summed E-state index contributed by atoms with van der Waals surface area (Å²) in [5.74, 6) is -1.15. The summed E-state index contributed by atoms with van der Waals surface area (Å²) in [6.07, 6.45) is 3.71. The zero-order chi connectivity index (χ0) is 17.1. The quantitative estimate of drug-likeness (QED) is 0.891. The maximum atomic E-state index is 12.5. The number of benzene rings is 1. The molecule has 1 aliphatic rings. The molecule has 124 valence electrons. The Kier molecular flexibility index (Phi) is 4.55. The maximum Gasteiger partial charge on any atom is 0.253 e. The Balaban J connectivity index is 1.79. The smallest absolute Gasteiger partial charge is 0.253 e. The first kappa shape index (κ1) is 16.1. The molecule has 3 rings (SSSR count). The Morgan fingerprint density at radius 3 is 2.83 bits per heavy atom. The van der Waals surface area contributed by atoms with Gasteiger partial charge >= 0.3 is 0 Å². The topological polar surface area (TPSA) is 102 Å². The van der Waals surface area contributed by atoms with Crippen LogP contribution in [0.25, 0.3) is 10.9 Å². The molecule has 1 saturated carbocycles. The van der Waals surface area contributed by atoms with E-state index >= 15 is 0 Å². The van der Waals surface area contributed by atoms with E-state index in [4.69, 9.17) is 5.73 Å². The molecule has 2 aromatic rings. The average molecular weight is 325 g/mol. The lowest BCUT2D eigenvalue weighted by Crippen LogP contribution is -2.50.